The van der Waals surface area contributed by atoms with E-state index in [1.807, 2.05) is 89.8 Å². The van der Waals surface area contributed by atoms with Gasteiger partial charge in [0.2, 0.25) is 11.8 Å². The van der Waals surface area contributed by atoms with Gasteiger partial charge in [0.15, 0.2) is 0 Å². The molecular weight excluding hydrogens is 448 g/mol. The Labute approximate surface area is 210 Å². The highest BCUT2D eigenvalue weighted by Crippen LogP contribution is 2.35. The van der Waals surface area contributed by atoms with Crippen LogP contribution < -0.4 is 5.32 Å². The number of benzene rings is 3. The third-order valence-corrected chi connectivity index (χ3v) is 7.07. The predicted octanol–water partition coefficient (Wildman–Crippen LogP) is 6.01. The molecule has 0 unspecified atom stereocenters. The van der Waals surface area contributed by atoms with Crippen LogP contribution in [0.2, 0.25) is 0 Å². The number of carbonyl (C=O) groups excluding carboxylic acids is 2. The van der Waals surface area contributed by atoms with Crippen molar-refractivity contribution in [2.75, 3.05) is 11.9 Å². The summed E-state index contributed by atoms with van der Waals surface area (Å²) in [6.45, 7) is 1.35. The topological polar surface area (TPSA) is 62.6 Å². The minimum absolute atomic E-state index is 0.0750. The standard InChI is InChI=1S/C31H28N2O3/c34-30(29(22-7-3-1-4-8-22)23-9-5-2-6-10-23)32-26-15-13-21(14-16-26)28-19-25-20-33(18-17-27(25)36-28)31(35)24-11-12-24/h1-10,13-16,19,24,29H,11-12,17-18,20H2,(H,32,34). The molecule has 0 atom stereocenters. The first kappa shape index (κ1) is 22.4. The zero-order chi connectivity index (χ0) is 24.5. The third kappa shape index (κ3) is 4.57. The molecule has 1 saturated carbocycles. The normalized spacial score (nSPS) is 15.0. The quantitative estimate of drug-likeness (QED) is 0.371. The molecule has 1 aromatic heterocycles. The number of carbonyl (C=O) groups is 2. The minimum Gasteiger partial charge on any atom is -0.461 e. The van der Waals surface area contributed by atoms with Gasteiger partial charge in [-0.15, -0.1) is 0 Å². The summed E-state index contributed by atoms with van der Waals surface area (Å²) in [5.41, 5.74) is 4.68. The number of hydrogen-bond acceptors (Lipinski definition) is 3. The van der Waals surface area contributed by atoms with Crippen LogP contribution >= 0.6 is 0 Å². The van der Waals surface area contributed by atoms with Crippen LogP contribution in [-0.4, -0.2) is 23.3 Å². The molecule has 2 heterocycles. The summed E-state index contributed by atoms with van der Waals surface area (Å²) in [7, 11) is 0. The van der Waals surface area contributed by atoms with Gasteiger partial charge < -0.3 is 14.6 Å². The lowest BCUT2D eigenvalue weighted by molar-refractivity contribution is -0.133. The number of anilines is 1. The van der Waals surface area contributed by atoms with Crippen LogP contribution in [0, 0.1) is 5.92 Å². The van der Waals surface area contributed by atoms with Gasteiger partial charge in [0.05, 0.1) is 5.92 Å². The molecular formula is C31H28N2O3. The highest BCUT2D eigenvalue weighted by molar-refractivity contribution is 5.98. The number of nitrogens with zero attached hydrogens (tertiary/aromatic N) is 1. The molecule has 1 N–H and O–H groups in total. The van der Waals surface area contributed by atoms with Gasteiger partial charge in [-0.3, -0.25) is 9.59 Å². The van der Waals surface area contributed by atoms with Gasteiger partial charge in [-0.2, -0.15) is 0 Å². The fraction of sp³-hybridized carbons (Fsp3) is 0.226. The molecule has 2 aliphatic rings. The van der Waals surface area contributed by atoms with Crippen LogP contribution in [0.15, 0.2) is 95.4 Å². The average molecular weight is 477 g/mol. The van der Waals surface area contributed by atoms with Crippen molar-refractivity contribution in [2.24, 2.45) is 5.92 Å². The van der Waals surface area contributed by atoms with E-state index in [2.05, 4.69) is 11.4 Å². The summed E-state index contributed by atoms with van der Waals surface area (Å²) in [6.07, 6.45) is 2.81. The Hall–Kier alpha value is -4.12. The van der Waals surface area contributed by atoms with Crippen LogP contribution in [-0.2, 0) is 22.6 Å². The van der Waals surface area contributed by atoms with E-state index in [-0.39, 0.29) is 17.7 Å². The number of fused-ring (bicyclic) bond motifs is 1. The van der Waals surface area contributed by atoms with Gasteiger partial charge >= 0.3 is 0 Å². The molecule has 0 saturated heterocycles. The number of rotatable bonds is 6. The van der Waals surface area contributed by atoms with Gasteiger partial charge in [0.1, 0.15) is 11.5 Å². The molecule has 36 heavy (non-hydrogen) atoms. The second-order valence-electron chi connectivity index (χ2n) is 9.66. The first-order chi connectivity index (χ1) is 17.7. The van der Waals surface area contributed by atoms with E-state index < -0.39 is 5.92 Å². The van der Waals surface area contributed by atoms with Crippen molar-refractivity contribution in [3.63, 3.8) is 0 Å². The lowest BCUT2D eigenvalue weighted by atomic mass is 9.90. The van der Waals surface area contributed by atoms with E-state index >= 15 is 0 Å². The molecule has 3 aromatic carbocycles. The van der Waals surface area contributed by atoms with E-state index in [0.717, 1.165) is 65.3 Å². The van der Waals surface area contributed by atoms with Crippen molar-refractivity contribution in [1.29, 1.82) is 0 Å². The Morgan fingerprint density at radius 2 is 1.50 bits per heavy atom. The Bertz CT molecular complexity index is 1330. The van der Waals surface area contributed by atoms with Crippen molar-refractivity contribution < 1.29 is 14.0 Å². The predicted molar refractivity (Wildman–Crippen MR) is 139 cm³/mol. The van der Waals surface area contributed by atoms with Crippen LogP contribution in [0.1, 0.15) is 41.2 Å². The molecule has 5 nitrogen and oxygen atoms in total. The molecule has 0 radical (unpaired) electrons. The molecule has 4 aromatic rings. The lowest BCUT2D eigenvalue weighted by Gasteiger charge is -2.26. The molecule has 1 aliphatic heterocycles. The SMILES string of the molecule is O=C(Nc1ccc(-c2cc3c(o2)CCN(C(=O)C2CC2)C3)cc1)C(c1ccccc1)c1ccccc1. The highest BCUT2D eigenvalue weighted by atomic mass is 16.3. The fourth-order valence-electron chi connectivity index (χ4n) is 4.97. The van der Waals surface area contributed by atoms with Gasteiger partial charge in [0.25, 0.3) is 0 Å². The molecule has 5 heteroatoms. The molecule has 0 bridgehead atoms. The summed E-state index contributed by atoms with van der Waals surface area (Å²) in [5.74, 6) is 1.82. The number of furan rings is 1. The second kappa shape index (κ2) is 9.50. The fourth-order valence-corrected chi connectivity index (χ4v) is 4.97. The number of amides is 2. The Kier molecular flexibility index (Phi) is 5.90. The number of hydrogen-bond donors (Lipinski definition) is 1. The van der Waals surface area contributed by atoms with Crippen molar-refractivity contribution in [2.45, 2.75) is 31.7 Å². The van der Waals surface area contributed by atoms with Crippen LogP contribution in [0.3, 0.4) is 0 Å². The molecule has 6 rings (SSSR count). The van der Waals surface area contributed by atoms with E-state index in [1.165, 1.54) is 0 Å². The summed E-state index contributed by atoms with van der Waals surface area (Å²) in [4.78, 5) is 27.8. The smallest absolute Gasteiger partial charge is 0.236 e. The van der Waals surface area contributed by atoms with E-state index in [4.69, 9.17) is 4.42 Å². The summed E-state index contributed by atoms with van der Waals surface area (Å²) in [5, 5.41) is 3.09. The molecule has 2 amide bonds. The maximum atomic E-state index is 13.4. The zero-order valence-electron chi connectivity index (χ0n) is 20.0. The summed E-state index contributed by atoms with van der Waals surface area (Å²) < 4.78 is 6.15. The van der Waals surface area contributed by atoms with Gasteiger partial charge in [-0.05, 0) is 54.3 Å². The lowest BCUT2D eigenvalue weighted by Crippen LogP contribution is -2.36. The Balaban J connectivity index is 1.18. The van der Waals surface area contributed by atoms with E-state index in [9.17, 15) is 9.59 Å². The average Bonchev–Trinajstić information content (AvgIpc) is 3.68. The molecule has 1 fully saturated rings. The minimum atomic E-state index is -0.398. The Morgan fingerprint density at radius 1 is 0.861 bits per heavy atom. The van der Waals surface area contributed by atoms with Crippen molar-refractivity contribution in [3.05, 3.63) is 113 Å². The van der Waals surface area contributed by atoms with E-state index in [1.54, 1.807) is 0 Å². The van der Waals surface area contributed by atoms with E-state index in [0.29, 0.717) is 6.54 Å². The van der Waals surface area contributed by atoms with Crippen LogP contribution in [0.4, 0.5) is 5.69 Å². The molecule has 180 valence electrons. The zero-order valence-corrected chi connectivity index (χ0v) is 20.0. The maximum Gasteiger partial charge on any atom is 0.236 e. The molecule has 1 aliphatic carbocycles. The van der Waals surface area contributed by atoms with Crippen molar-refractivity contribution in [1.82, 2.24) is 4.90 Å². The Morgan fingerprint density at radius 3 is 2.11 bits per heavy atom. The maximum absolute atomic E-state index is 13.4. The highest BCUT2D eigenvalue weighted by Gasteiger charge is 2.35. The number of nitrogens with one attached hydrogen (secondary N) is 1. The van der Waals surface area contributed by atoms with Crippen molar-refractivity contribution in [3.8, 4) is 11.3 Å². The summed E-state index contributed by atoms with van der Waals surface area (Å²) in [6, 6.07) is 29.5. The van der Waals surface area contributed by atoms with Crippen LogP contribution in [0.25, 0.3) is 11.3 Å². The van der Waals surface area contributed by atoms with Crippen molar-refractivity contribution >= 4 is 17.5 Å². The van der Waals surface area contributed by atoms with Gasteiger partial charge in [-0.25, -0.2) is 0 Å². The largest absolute Gasteiger partial charge is 0.461 e. The second-order valence-corrected chi connectivity index (χ2v) is 9.66. The first-order valence-corrected chi connectivity index (χ1v) is 12.6. The molecule has 0 spiro atoms. The third-order valence-electron chi connectivity index (χ3n) is 7.07. The van der Waals surface area contributed by atoms with Gasteiger partial charge in [0, 0.05) is 42.2 Å². The summed E-state index contributed by atoms with van der Waals surface area (Å²) >= 11 is 0. The monoisotopic (exact) mass is 476 g/mol. The van der Waals surface area contributed by atoms with Gasteiger partial charge in [-0.1, -0.05) is 60.7 Å². The first-order valence-electron chi connectivity index (χ1n) is 12.6. The van der Waals surface area contributed by atoms with Crippen LogP contribution in [0.5, 0.6) is 0 Å².